The molecule has 0 aromatic carbocycles. The van der Waals surface area contributed by atoms with Crippen molar-refractivity contribution < 1.29 is 14.7 Å². The number of aromatic nitrogens is 2. The first-order valence-electron chi connectivity index (χ1n) is 6.24. The first-order chi connectivity index (χ1) is 9.54. The zero-order valence-corrected chi connectivity index (χ0v) is 11.3. The van der Waals surface area contributed by atoms with Gasteiger partial charge in [0, 0.05) is 18.7 Å². The molecule has 7 nitrogen and oxygen atoms in total. The second kappa shape index (κ2) is 7.84. The summed E-state index contributed by atoms with van der Waals surface area (Å²) in [7, 11) is 0. The van der Waals surface area contributed by atoms with Gasteiger partial charge in [-0.2, -0.15) is 5.10 Å². The van der Waals surface area contributed by atoms with Crippen LogP contribution in [-0.2, 0) is 11.2 Å². The number of nitrogens with one attached hydrogen (secondary N) is 3. The van der Waals surface area contributed by atoms with Crippen molar-refractivity contribution in [3.63, 3.8) is 0 Å². The molecule has 0 fully saturated rings. The van der Waals surface area contributed by atoms with Crippen LogP contribution in [0.3, 0.4) is 0 Å². The molecule has 20 heavy (non-hydrogen) atoms. The molecule has 0 saturated carbocycles. The Morgan fingerprint density at radius 3 is 2.90 bits per heavy atom. The Labute approximate surface area is 117 Å². The molecule has 4 N–H and O–H groups in total. The molecule has 1 rings (SSSR count). The maximum atomic E-state index is 11.5. The van der Waals surface area contributed by atoms with E-state index >= 15 is 0 Å². The summed E-state index contributed by atoms with van der Waals surface area (Å²) in [4.78, 5) is 22.3. The van der Waals surface area contributed by atoms with Crippen LogP contribution in [0.2, 0.25) is 0 Å². The number of aryl methyl sites for hydroxylation is 2. The minimum Gasteiger partial charge on any atom is -0.480 e. The van der Waals surface area contributed by atoms with Gasteiger partial charge in [0.15, 0.2) is 0 Å². The molecular formula is C13H18N4O3. The maximum Gasteiger partial charge on any atom is 0.327 e. The second-order valence-corrected chi connectivity index (χ2v) is 4.32. The number of H-pyrrole nitrogens is 1. The van der Waals surface area contributed by atoms with E-state index in [0.717, 1.165) is 24.1 Å². The molecule has 2 amide bonds. The van der Waals surface area contributed by atoms with Crippen LogP contribution >= 0.6 is 0 Å². The van der Waals surface area contributed by atoms with Crippen LogP contribution in [0.4, 0.5) is 4.79 Å². The molecule has 0 aliphatic heterocycles. The number of amides is 2. The van der Waals surface area contributed by atoms with Gasteiger partial charge in [-0.1, -0.05) is 0 Å². The lowest BCUT2D eigenvalue weighted by atomic mass is 10.1. The van der Waals surface area contributed by atoms with Gasteiger partial charge in [-0.25, -0.2) is 9.59 Å². The molecule has 1 heterocycles. The number of hydrogen-bond donors (Lipinski definition) is 4. The zero-order valence-electron chi connectivity index (χ0n) is 11.3. The van der Waals surface area contributed by atoms with Crippen molar-refractivity contribution in [2.45, 2.75) is 32.2 Å². The van der Waals surface area contributed by atoms with Gasteiger partial charge in [0.1, 0.15) is 6.04 Å². The van der Waals surface area contributed by atoms with Crippen LogP contribution in [0.15, 0.2) is 6.20 Å². The van der Waals surface area contributed by atoms with Crippen LogP contribution in [0, 0.1) is 19.3 Å². The van der Waals surface area contributed by atoms with E-state index in [1.165, 1.54) is 0 Å². The molecule has 0 aliphatic carbocycles. The predicted molar refractivity (Wildman–Crippen MR) is 73.1 cm³/mol. The summed E-state index contributed by atoms with van der Waals surface area (Å²) in [6.07, 6.45) is 8.27. The number of terminal acetylenes is 1. The van der Waals surface area contributed by atoms with Gasteiger partial charge < -0.3 is 15.7 Å². The molecular weight excluding hydrogens is 260 g/mol. The number of carboxylic acid groups (broad SMARTS) is 1. The van der Waals surface area contributed by atoms with Crippen LogP contribution in [-0.4, -0.2) is 39.9 Å². The third kappa shape index (κ3) is 5.02. The van der Waals surface area contributed by atoms with E-state index in [1.54, 1.807) is 6.20 Å². The minimum absolute atomic E-state index is 0.0447. The number of carbonyl (C=O) groups is 2. The Balaban J connectivity index is 2.24. The molecule has 0 saturated heterocycles. The molecule has 0 bridgehead atoms. The van der Waals surface area contributed by atoms with Crippen molar-refractivity contribution in [3.8, 4) is 12.3 Å². The zero-order chi connectivity index (χ0) is 15.0. The lowest BCUT2D eigenvalue weighted by molar-refractivity contribution is -0.139. The fourth-order valence-electron chi connectivity index (χ4n) is 1.64. The first kappa shape index (κ1) is 15.6. The Hall–Kier alpha value is -2.49. The summed E-state index contributed by atoms with van der Waals surface area (Å²) in [5, 5.41) is 20.5. The van der Waals surface area contributed by atoms with Gasteiger partial charge >= 0.3 is 12.0 Å². The summed E-state index contributed by atoms with van der Waals surface area (Å²) in [6, 6.07) is -1.59. The first-order valence-corrected chi connectivity index (χ1v) is 6.24. The van der Waals surface area contributed by atoms with Gasteiger partial charge in [0.2, 0.25) is 0 Å². The van der Waals surface area contributed by atoms with Crippen LogP contribution in [0.5, 0.6) is 0 Å². The fourth-order valence-corrected chi connectivity index (χ4v) is 1.64. The number of urea groups is 1. The van der Waals surface area contributed by atoms with Gasteiger partial charge in [0.05, 0.1) is 6.20 Å². The molecule has 1 unspecified atom stereocenters. The quantitative estimate of drug-likeness (QED) is 0.428. The van der Waals surface area contributed by atoms with Crippen molar-refractivity contribution in [3.05, 3.63) is 17.5 Å². The monoisotopic (exact) mass is 278 g/mol. The van der Waals surface area contributed by atoms with Crippen LogP contribution in [0.1, 0.15) is 24.1 Å². The van der Waals surface area contributed by atoms with E-state index < -0.39 is 18.0 Å². The number of aromatic amines is 1. The number of rotatable bonds is 7. The normalized spacial score (nSPS) is 11.4. The standard InChI is InChI=1S/C13H18N4O3/c1-3-5-11(12(18)19)16-13(20)14-7-4-6-10-8-15-17-9(10)2/h1,8,11H,4-7H2,2H3,(H,15,17)(H,18,19)(H2,14,16,20). The predicted octanol–water partition coefficient (Wildman–Crippen LogP) is 0.426. The van der Waals surface area contributed by atoms with Crippen LogP contribution in [0.25, 0.3) is 0 Å². The van der Waals surface area contributed by atoms with E-state index in [0.29, 0.717) is 6.54 Å². The molecule has 0 aliphatic rings. The molecule has 7 heteroatoms. The Bertz CT molecular complexity index is 504. The molecule has 1 aromatic heterocycles. The minimum atomic E-state index is -1.15. The highest BCUT2D eigenvalue weighted by molar-refractivity contribution is 5.82. The van der Waals surface area contributed by atoms with Gasteiger partial charge in [-0.3, -0.25) is 5.10 Å². The van der Waals surface area contributed by atoms with E-state index in [-0.39, 0.29) is 6.42 Å². The lowest BCUT2D eigenvalue weighted by Gasteiger charge is -2.12. The molecule has 0 spiro atoms. The topological polar surface area (TPSA) is 107 Å². The summed E-state index contributed by atoms with van der Waals surface area (Å²) in [6.45, 7) is 2.37. The average Bonchev–Trinajstić information content (AvgIpc) is 2.80. The van der Waals surface area contributed by atoms with Crippen molar-refractivity contribution in [2.75, 3.05) is 6.54 Å². The summed E-state index contributed by atoms with van der Waals surface area (Å²) < 4.78 is 0. The Morgan fingerprint density at radius 2 is 2.35 bits per heavy atom. The Morgan fingerprint density at radius 1 is 1.60 bits per heavy atom. The highest BCUT2D eigenvalue weighted by atomic mass is 16.4. The highest BCUT2D eigenvalue weighted by Gasteiger charge is 2.18. The lowest BCUT2D eigenvalue weighted by Crippen LogP contribution is -2.46. The van der Waals surface area contributed by atoms with Gasteiger partial charge in [-0.15, -0.1) is 12.3 Å². The van der Waals surface area contributed by atoms with E-state index in [1.807, 2.05) is 6.92 Å². The number of carboxylic acids is 1. The summed E-state index contributed by atoms with van der Waals surface area (Å²) >= 11 is 0. The van der Waals surface area contributed by atoms with E-state index in [4.69, 9.17) is 11.5 Å². The van der Waals surface area contributed by atoms with Crippen LogP contribution < -0.4 is 10.6 Å². The number of nitrogens with zero attached hydrogens (tertiary/aromatic N) is 1. The number of hydrogen-bond acceptors (Lipinski definition) is 3. The largest absolute Gasteiger partial charge is 0.480 e. The third-order valence-electron chi connectivity index (χ3n) is 2.77. The molecule has 0 radical (unpaired) electrons. The number of aliphatic carboxylic acids is 1. The maximum absolute atomic E-state index is 11.5. The molecule has 1 atom stereocenters. The van der Waals surface area contributed by atoms with Crippen molar-refractivity contribution in [1.82, 2.24) is 20.8 Å². The third-order valence-corrected chi connectivity index (χ3v) is 2.77. The molecule has 108 valence electrons. The SMILES string of the molecule is C#CCC(NC(=O)NCCCc1cn[nH]c1C)C(=O)O. The fraction of sp³-hybridized carbons (Fsp3) is 0.462. The smallest absolute Gasteiger partial charge is 0.327 e. The van der Waals surface area contributed by atoms with E-state index in [2.05, 4.69) is 26.8 Å². The summed E-state index contributed by atoms with van der Waals surface area (Å²) in [5.41, 5.74) is 2.11. The Kier molecular flexibility index (Phi) is 6.10. The number of carbonyl (C=O) groups excluding carboxylic acids is 1. The van der Waals surface area contributed by atoms with Crippen molar-refractivity contribution in [2.24, 2.45) is 0 Å². The summed E-state index contributed by atoms with van der Waals surface area (Å²) in [5.74, 6) is 1.07. The second-order valence-electron chi connectivity index (χ2n) is 4.32. The highest BCUT2D eigenvalue weighted by Crippen LogP contribution is 2.04. The van der Waals surface area contributed by atoms with Gasteiger partial charge in [-0.05, 0) is 25.3 Å². The van der Waals surface area contributed by atoms with Crippen molar-refractivity contribution >= 4 is 12.0 Å². The molecule has 1 aromatic rings. The van der Waals surface area contributed by atoms with Gasteiger partial charge in [0.25, 0.3) is 0 Å². The van der Waals surface area contributed by atoms with Crippen molar-refractivity contribution in [1.29, 1.82) is 0 Å². The van der Waals surface area contributed by atoms with E-state index in [9.17, 15) is 9.59 Å². The average molecular weight is 278 g/mol.